The summed E-state index contributed by atoms with van der Waals surface area (Å²) in [5.74, 6) is 1.35. The molecule has 1 N–H and O–H groups in total. The Morgan fingerprint density at radius 3 is 2.36 bits per heavy atom. The summed E-state index contributed by atoms with van der Waals surface area (Å²) in [5, 5.41) is 0.735. The second-order valence-corrected chi connectivity index (χ2v) is 7.45. The van der Waals surface area contributed by atoms with Gasteiger partial charge in [-0.05, 0) is 17.7 Å². The average Bonchev–Trinajstić information content (AvgIpc) is 3.01. The largest absolute Gasteiger partial charge is 0.493 e. The highest BCUT2D eigenvalue weighted by Gasteiger charge is 2.43. The van der Waals surface area contributed by atoms with Crippen molar-refractivity contribution in [3.8, 4) is 17.2 Å². The Morgan fingerprint density at radius 2 is 1.88 bits per heavy atom. The van der Waals surface area contributed by atoms with Gasteiger partial charge in [0.2, 0.25) is 15.8 Å². The van der Waals surface area contributed by atoms with Crippen LogP contribution in [0.1, 0.15) is 11.6 Å². The van der Waals surface area contributed by atoms with Gasteiger partial charge >= 0.3 is 0 Å². The van der Waals surface area contributed by atoms with E-state index in [9.17, 15) is 8.42 Å². The second kappa shape index (κ2) is 8.05. The van der Waals surface area contributed by atoms with Crippen molar-refractivity contribution in [2.24, 2.45) is 0 Å². The number of nitrogens with one attached hydrogen (secondary N) is 1. The van der Waals surface area contributed by atoms with Crippen LogP contribution in [0.2, 0.25) is 0 Å². The molecule has 0 saturated carbocycles. The zero-order valence-electron chi connectivity index (χ0n) is 14.8. The van der Waals surface area contributed by atoms with E-state index in [-0.39, 0.29) is 13.2 Å². The van der Waals surface area contributed by atoms with Crippen molar-refractivity contribution in [1.82, 2.24) is 9.79 Å². The Bertz CT molecular complexity index is 696. The third-order valence-electron chi connectivity index (χ3n) is 4.04. The molecule has 0 radical (unpaired) electrons. The van der Waals surface area contributed by atoms with Crippen molar-refractivity contribution in [2.75, 3.05) is 41.5 Å². The Labute approximate surface area is 148 Å². The summed E-state index contributed by atoms with van der Waals surface area (Å²) < 4.78 is 43.7. The second-order valence-electron chi connectivity index (χ2n) is 5.47. The van der Waals surface area contributed by atoms with Crippen LogP contribution in [0.25, 0.3) is 0 Å². The molecule has 140 valence electrons. The molecule has 9 heteroatoms. The van der Waals surface area contributed by atoms with Crippen molar-refractivity contribution < 1.29 is 27.5 Å². The van der Waals surface area contributed by atoms with E-state index in [1.54, 1.807) is 19.2 Å². The molecule has 1 aromatic carbocycles. The molecule has 0 aromatic heterocycles. The maximum absolute atomic E-state index is 12.6. The van der Waals surface area contributed by atoms with Crippen molar-refractivity contribution >= 4 is 10.0 Å². The molecule has 0 aliphatic carbocycles. The monoisotopic (exact) mass is 372 g/mol. The van der Waals surface area contributed by atoms with E-state index in [1.165, 1.54) is 32.5 Å². The third kappa shape index (κ3) is 3.90. The number of methoxy groups -OCH3 is 3. The van der Waals surface area contributed by atoms with Gasteiger partial charge in [-0.15, -0.1) is 6.58 Å². The fourth-order valence-corrected chi connectivity index (χ4v) is 4.31. The molecule has 8 nitrogen and oxygen atoms in total. The minimum Gasteiger partial charge on any atom is -0.493 e. The molecule has 0 bridgehead atoms. The van der Waals surface area contributed by atoms with Crippen molar-refractivity contribution in [2.45, 2.75) is 11.3 Å². The summed E-state index contributed by atoms with van der Waals surface area (Å²) in [6, 6.07) is 2.93. The summed E-state index contributed by atoms with van der Waals surface area (Å²) in [7, 11) is 2.61. The fraction of sp³-hybridized carbons (Fsp3) is 0.500. The molecule has 25 heavy (non-hydrogen) atoms. The molecule has 1 aliphatic rings. The van der Waals surface area contributed by atoms with Crippen LogP contribution in [0.15, 0.2) is 24.8 Å². The Balaban J connectivity index is 2.48. The van der Waals surface area contributed by atoms with Gasteiger partial charge in [0, 0.05) is 13.6 Å². The molecule has 1 aromatic rings. The SMILES string of the molecule is C=CCNS(=O)(=O)C1CON(C)C1c1cc(OC)c(OC)c(OC)c1. The Kier molecular flexibility index (Phi) is 6.28. The number of rotatable bonds is 8. The maximum atomic E-state index is 12.6. The zero-order valence-corrected chi connectivity index (χ0v) is 15.6. The molecule has 1 aliphatic heterocycles. The number of sulfonamides is 1. The number of hydroxylamine groups is 2. The van der Waals surface area contributed by atoms with E-state index in [2.05, 4.69) is 11.3 Å². The lowest BCUT2D eigenvalue weighted by Gasteiger charge is -2.24. The lowest BCUT2D eigenvalue weighted by molar-refractivity contribution is -0.110. The first-order chi connectivity index (χ1) is 11.9. The first kappa shape index (κ1) is 19.5. The molecular weight excluding hydrogens is 348 g/mol. The van der Waals surface area contributed by atoms with E-state index in [1.807, 2.05) is 0 Å². The zero-order chi connectivity index (χ0) is 18.6. The summed E-state index contributed by atoms with van der Waals surface area (Å²) in [5.41, 5.74) is 0.684. The summed E-state index contributed by atoms with van der Waals surface area (Å²) in [6.07, 6.45) is 1.49. The van der Waals surface area contributed by atoms with Crippen LogP contribution < -0.4 is 18.9 Å². The van der Waals surface area contributed by atoms with E-state index in [4.69, 9.17) is 19.0 Å². The lowest BCUT2D eigenvalue weighted by atomic mass is 10.0. The van der Waals surface area contributed by atoms with Crippen LogP contribution in [0.4, 0.5) is 0 Å². The van der Waals surface area contributed by atoms with Crippen LogP contribution in [-0.2, 0) is 14.9 Å². The molecule has 0 amide bonds. The summed E-state index contributed by atoms with van der Waals surface area (Å²) in [4.78, 5) is 5.48. The standard InChI is InChI=1S/C16H24N2O6S/c1-6-7-17-25(19,20)14-10-24-18(2)15(14)11-8-12(21-3)16(23-5)13(9-11)22-4/h6,8-9,14-15,17H,1,7,10H2,2-5H3. The fourth-order valence-electron chi connectivity index (χ4n) is 2.83. The normalized spacial score (nSPS) is 21.1. The topological polar surface area (TPSA) is 86.3 Å². The van der Waals surface area contributed by atoms with Crippen LogP contribution in [0.3, 0.4) is 0 Å². The average molecular weight is 372 g/mol. The number of hydrogen-bond acceptors (Lipinski definition) is 7. The third-order valence-corrected chi connectivity index (χ3v) is 5.80. The molecular formula is C16H24N2O6S. The molecule has 1 heterocycles. The van der Waals surface area contributed by atoms with Gasteiger partial charge in [0.05, 0.1) is 34.0 Å². The van der Waals surface area contributed by atoms with Gasteiger partial charge < -0.3 is 14.2 Å². The number of hydrogen-bond donors (Lipinski definition) is 1. The number of ether oxygens (including phenoxy) is 3. The smallest absolute Gasteiger partial charge is 0.219 e. The maximum Gasteiger partial charge on any atom is 0.219 e. The van der Waals surface area contributed by atoms with E-state index < -0.39 is 21.3 Å². The highest BCUT2D eigenvalue weighted by atomic mass is 32.2. The first-order valence-electron chi connectivity index (χ1n) is 7.64. The first-order valence-corrected chi connectivity index (χ1v) is 9.19. The minimum atomic E-state index is -3.61. The molecule has 1 fully saturated rings. The molecule has 2 rings (SSSR count). The molecule has 0 spiro atoms. The Morgan fingerprint density at radius 1 is 1.28 bits per heavy atom. The molecule has 2 atom stereocenters. The number of nitrogens with zero attached hydrogens (tertiary/aromatic N) is 1. The lowest BCUT2D eigenvalue weighted by Crippen LogP contribution is -2.39. The predicted molar refractivity (Wildman–Crippen MR) is 93.5 cm³/mol. The van der Waals surface area contributed by atoms with E-state index >= 15 is 0 Å². The van der Waals surface area contributed by atoms with Crippen molar-refractivity contribution in [3.05, 3.63) is 30.4 Å². The summed E-state index contributed by atoms with van der Waals surface area (Å²) >= 11 is 0. The van der Waals surface area contributed by atoms with Crippen molar-refractivity contribution in [3.63, 3.8) is 0 Å². The predicted octanol–water partition coefficient (Wildman–Crippen LogP) is 1.10. The van der Waals surface area contributed by atoms with Gasteiger partial charge in [-0.2, -0.15) is 5.06 Å². The van der Waals surface area contributed by atoms with Gasteiger partial charge in [0.25, 0.3) is 0 Å². The highest BCUT2D eigenvalue weighted by molar-refractivity contribution is 7.90. The van der Waals surface area contributed by atoms with Gasteiger partial charge in [-0.3, -0.25) is 4.84 Å². The van der Waals surface area contributed by atoms with Gasteiger partial charge in [-0.1, -0.05) is 6.08 Å². The molecule has 2 unspecified atom stereocenters. The minimum absolute atomic E-state index is 0.0459. The van der Waals surface area contributed by atoms with E-state index in [0.717, 1.165) is 0 Å². The Hall–Kier alpha value is -1.81. The van der Waals surface area contributed by atoms with Gasteiger partial charge in [-0.25, -0.2) is 13.1 Å². The van der Waals surface area contributed by atoms with Crippen LogP contribution in [-0.4, -0.2) is 60.3 Å². The van der Waals surface area contributed by atoms with Crippen LogP contribution in [0, 0.1) is 0 Å². The highest BCUT2D eigenvalue weighted by Crippen LogP contribution is 2.43. The van der Waals surface area contributed by atoms with E-state index in [0.29, 0.717) is 22.8 Å². The number of benzene rings is 1. The van der Waals surface area contributed by atoms with Gasteiger partial charge in [0.1, 0.15) is 5.25 Å². The van der Waals surface area contributed by atoms with Gasteiger partial charge in [0.15, 0.2) is 11.5 Å². The quantitative estimate of drug-likeness (QED) is 0.684. The van der Waals surface area contributed by atoms with Crippen molar-refractivity contribution in [1.29, 1.82) is 0 Å². The molecule has 1 saturated heterocycles. The van der Waals surface area contributed by atoms with Crippen LogP contribution >= 0.6 is 0 Å². The summed E-state index contributed by atoms with van der Waals surface area (Å²) in [6.45, 7) is 3.73. The van der Waals surface area contributed by atoms with Crippen LogP contribution in [0.5, 0.6) is 17.2 Å².